The van der Waals surface area contributed by atoms with Crippen LogP contribution in [0.1, 0.15) is 42.1 Å². The lowest BCUT2D eigenvalue weighted by atomic mass is 9.93. The second kappa shape index (κ2) is 7.44. The summed E-state index contributed by atoms with van der Waals surface area (Å²) in [6.45, 7) is 5.00. The van der Waals surface area contributed by atoms with E-state index in [-0.39, 0.29) is 5.91 Å². The first-order valence-electron chi connectivity index (χ1n) is 7.78. The number of benzene rings is 1. The molecule has 1 saturated heterocycles. The predicted octanol–water partition coefficient (Wildman–Crippen LogP) is 2.71. The molecule has 0 spiro atoms. The summed E-state index contributed by atoms with van der Waals surface area (Å²) in [5.74, 6) is 0.988. The van der Waals surface area contributed by atoms with E-state index in [9.17, 15) is 4.79 Å². The summed E-state index contributed by atoms with van der Waals surface area (Å²) in [7, 11) is 2.00. The molecule has 0 radical (unpaired) electrons. The van der Waals surface area contributed by atoms with Crippen molar-refractivity contribution in [2.45, 2.75) is 32.6 Å². The van der Waals surface area contributed by atoms with E-state index in [1.54, 1.807) is 0 Å². The van der Waals surface area contributed by atoms with Crippen LogP contribution in [0.5, 0.6) is 0 Å². The molecule has 1 aliphatic heterocycles. The van der Waals surface area contributed by atoms with Gasteiger partial charge in [-0.15, -0.1) is 0 Å². The first-order chi connectivity index (χ1) is 9.76. The Morgan fingerprint density at radius 3 is 2.65 bits per heavy atom. The number of carbonyl (C=O) groups excluding carboxylic acids is 1. The highest BCUT2D eigenvalue weighted by atomic mass is 16.2. The Kier molecular flexibility index (Phi) is 5.60. The van der Waals surface area contributed by atoms with Gasteiger partial charge in [0, 0.05) is 18.7 Å². The third kappa shape index (κ3) is 3.60. The molecule has 0 saturated carbocycles. The molecule has 3 heteroatoms. The van der Waals surface area contributed by atoms with Crippen molar-refractivity contribution in [2.75, 3.05) is 26.7 Å². The van der Waals surface area contributed by atoms with Gasteiger partial charge in [-0.3, -0.25) is 4.79 Å². The number of likely N-dealkylation sites (tertiary alicyclic amines) is 1. The summed E-state index contributed by atoms with van der Waals surface area (Å²) in [4.78, 5) is 14.6. The minimum absolute atomic E-state index is 0.217. The normalized spacial score (nSPS) is 16.4. The van der Waals surface area contributed by atoms with Gasteiger partial charge in [0.2, 0.25) is 0 Å². The van der Waals surface area contributed by atoms with Crippen molar-refractivity contribution in [1.82, 2.24) is 10.2 Å². The quantitative estimate of drug-likeness (QED) is 0.895. The number of amides is 1. The van der Waals surface area contributed by atoms with Gasteiger partial charge in [-0.1, -0.05) is 25.1 Å². The van der Waals surface area contributed by atoms with Crippen molar-refractivity contribution in [3.63, 3.8) is 0 Å². The summed E-state index contributed by atoms with van der Waals surface area (Å²) in [5.41, 5.74) is 2.05. The summed E-state index contributed by atoms with van der Waals surface area (Å²) in [6, 6.07) is 8.01. The Hall–Kier alpha value is -1.35. The molecular formula is C17H26N2O. The standard InChI is InChI=1S/C17H26N2O/c1-3-15-6-4-5-7-16(15)17(20)19-12-9-14(10-13-19)8-11-18-2/h4-7,14,18H,3,8-13H2,1-2H3. The van der Waals surface area contributed by atoms with Crippen molar-refractivity contribution in [2.24, 2.45) is 5.92 Å². The van der Waals surface area contributed by atoms with Crippen LogP contribution in [-0.2, 0) is 6.42 Å². The van der Waals surface area contributed by atoms with Gasteiger partial charge in [-0.05, 0) is 56.8 Å². The fourth-order valence-electron chi connectivity index (χ4n) is 2.98. The molecule has 1 aliphatic rings. The zero-order valence-corrected chi connectivity index (χ0v) is 12.7. The lowest BCUT2D eigenvalue weighted by Crippen LogP contribution is -2.39. The molecule has 0 unspecified atom stereocenters. The van der Waals surface area contributed by atoms with Gasteiger partial charge >= 0.3 is 0 Å². The second-order valence-corrected chi connectivity index (χ2v) is 5.64. The van der Waals surface area contributed by atoms with Crippen LogP contribution in [0.25, 0.3) is 0 Å². The number of piperidine rings is 1. The molecule has 1 N–H and O–H groups in total. The van der Waals surface area contributed by atoms with Gasteiger partial charge in [0.25, 0.3) is 5.91 Å². The number of hydrogen-bond donors (Lipinski definition) is 1. The third-order valence-corrected chi connectivity index (χ3v) is 4.33. The maximum atomic E-state index is 12.6. The summed E-state index contributed by atoms with van der Waals surface area (Å²) >= 11 is 0. The maximum absolute atomic E-state index is 12.6. The Balaban J connectivity index is 1.94. The van der Waals surface area contributed by atoms with Crippen molar-refractivity contribution >= 4 is 5.91 Å². The predicted molar refractivity (Wildman–Crippen MR) is 83.0 cm³/mol. The van der Waals surface area contributed by atoms with Gasteiger partial charge in [-0.25, -0.2) is 0 Å². The number of carbonyl (C=O) groups is 1. The molecule has 20 heavy (non-hydrogen) atoms. The number of nitrogens with one attached hydrogen (secondary N) is 1. The molecule has 0 aliphatic carbocycles. The molecule has 0 atom stereocenters. The molecule has 0 aromatic heterocycles. The minimum Gasteiger partial charge on any atom is -0.339 e. The molecule has 1 aromatic rings. The molecule has 1 amide bonds. The molecule has 1 heterocycles. The minimum atomic E-state index is 0.217. The molecule has 2 rings (SSSR count). The van der Waals surface area contributed by atoms with Crippen LogP contribution >= 0.6 is 0 Å². The SMILES string of the molecule is CCc1ccccc1C(=O)N1CCC(CCNC)CC1. The molecule has 0 bridgehead atoms. The topological polar surface area (TPSA) is 32.3 Å². The number of aryl methyl sites for hydroxylation is 1. The van der Waals surface area contributed by atoms with Gasteiger partial charge < -0.3 is 10.2 Å². The smallest absolute Gasteiger partial charge is 0.254 e. The number of rotatable bonds is 5. The molecule has 3 nitrogen and oxygen atoms in total. The molecule has 1 fully saturated rings. The summed E-state index contributed by atoms with van der Waals surface area (Å²) in [5, 5.41) is 3.21. The van der Waals surface area contributed by atoms with Crippen LogP contribution < -0.4 is 5.32 Å². The Morgan fingerprint density at radius 2 is 2.00 bits per heavy atom. The van der Waals surface area contributed by atoms with E-state index >= 15 is 0 Å². The average Bonchev–Trinajstić information content (AvgIpc) is 2.52. The van der Waals surface area contributed by atoms with Crippen LogP contribution in [0.4, 0.5) is 0 Å². The lowest BCUT2D eigenvalue weighted by Gasteiger charge is -2.32. The van der Waals surface area contributed by atoms with E-state index in [4.69, 9.17) is 0 Å². The summed E-state index contributed by atoms with van der Waals surface area (Å²) in [6.07, 6.45) is 4.42. The fourth-order valence-corrected chi connectivity index (χ4v) is 2.98. The van der Waals surface area contributed by atoms with E-state index in [0.29, 0.717) is 0 Å². The van der Waals surface area contributed by atoms with Crippen LogP contribution in [0.2, 0.25) is 0 Å². The first-order valence-corrected chi connectivity index (χ1v) is 7.78. The average molecular weight is 274 g/mol. The van der Waals surface area contributed by atoms with E-state index in [0.717, 1.165) is 55.9 Å². The Morgan fingerprint density at radius 1 is 1.30 bits per heavy atom. The van der Waals surface area contributed by atoms with E-state index in [1.807, 2.05) is 30.1 Å². The Bertz CT molecular complexity index is 436. The van der Waals surface area contributed by atoms with E-state index in [2.05, 4.69) is 18.3 Å². The zero-order chi connectivity index (χ0) is 14.4. The van der Waals surface area contributed by atoms with Gasteiger partial charge in [0.05, 0.1) is 0 Å². The lowest BCUT2D eigenvalue weighted by molar-refractivity contribution is 0.0686. The van der Waals surface area contributed by atoms with Crippen molar-refractivity contribution in [1.29, 1.82) is 0 Å². The van der Waals surface area contributed by atoms with Crippen LogP contribution in [-0.4, -0.2) is 37.5 Å². The van der Waals surface area contributed by atoms with Crippen LogP contribution in [0.15, 0.2) is 24.3 Å². The third-order valence-electron chi connectivity index (χ3n) is 4.33. The molecule has 1 aromatic carbocycles. The van der Waals surface area contributed by atoms with Gasteiger partial charge in [-0.2, -0.15) is 0 Å². The van der Waals surface area contributed by atoms with Gasteiger partial charge in [0.15, 0.2) is 0 Å². The van der Waals surface area contributed by atoms with E-state index in [1.165, 1.54) is 6.42 Å². The van der Waals surface area contributed by atoms with Crippen molar-refractivity contribution < 1.29 is 4.79 Å². The van der Waals surface area contributed by atoms with Crippen LogP contribution in [0.3, 0.4) is 0 Å². The monoisotopic (exact) mass is 274 g/mol. The summed E-state index contributed by atoms with van der Waals surface area (Å²) < 4.78 is 0. The Labute approximate surface area is 122 Å². The van der Waals surface area contributed by atoms with Crippen LogP contribution in [0, 0.1) is 5.92 Å². The number of hydrogen-bond acceptors (Lipinski definition) is 2. The molecular weight excluding hydrogens is 248 g/mol. The van der Waals surface area contributed by atoms with E-state index < -0.39 is 0 Å². The highest BCUT2D eigenvalue weighted by Crippen LogP contribution is 2.22. The fraction of sp³-hybridized carbons (Fsp3) is 0.588. The van der Waals surface area contributed by atoms with Gasteiger partial charge in [0.1, 0.15) is 0 Å². The molecule has 110 valence electrons. The highest BCUT2D eigenvalue weighted by Gasteiger charge is 2.24. The second-order valence-electron chi connectivity index (χ2n) is 5.64. The highest BCUT2D eigenvalue weighted by molar-refractivity contribution is 5.95. The first kappa shape index (κ1) is 15.0. The zero-order valence-electron chi connectivity index (χ0n) is 12.7. The maximum Gasteiger partial charge on any atom is 0.254 e. The number of nitrogens with zero attached hydrogens (tertiary/aromatic N) is 1. The van der Waals surface area contributed by atoms with Crippen molar-refractivity contribution in [3.8, 4) is 0 Å². The van der Waals surface area contributed by atoms with Crippen molar-refractivity contribution in [3.05, 3.63) is 35.4 Å². The largest absolute Gasteiger partial charge is 0.339 e.